The van der Waals surface area contributed by atoms with E-state index in [9.17, 15) is 0 Å². The van der Waals surface area contributed by atoms with Crippen LogP contribution in [-0.4, -0.2) is 23.2 Å². The summed E-state index contributed by atoms with van der Waals surface area (Å²) < 4.78 is 0. The second-order valence-corrected chi connectivity index (χ2v) is 6.18. The molecular weight excluding hydrogens is 282 g/mol. The van der Waals surface area contributed by atoms with Gasteiger partial charge in [-0.25, -0.2) is 9.97 Å². The lowest BCUT2D eigenvalue weighted by molar-refractivity contribution is 0.720. The van der Waals surface area contributed by atoms with Crippen LogP contribution in [0.5, 0.6) is 0 Å². The molecule has 2 rings (SSSR count). The molecule has 21 heavy (non-hydrogen) atoms. The number of unbranched alkanes of at least 4 members (excludes halogenated alkanes) is 1. The van der Waals surface area contributed by atoms with Gasteiger partial charge in [-0.2, -0.15) is 0 Å². The number of hydrogen-bond donors (Lipinski definition) is 0. The Balaban J connectivity index is 2.44. The molecule has 3 nitrogen and oxygen atoms in total. The first-order valence-electron chi connectivity index (χ1n) is 7.79. The van der Waals surface area contributed by atoms with E-state index in [0.29, 0.717) is 5.02 Å². The molecule has 1 saturated carbocycles. The molecule has 114 valence electrons. The lowest BCUT2D eigenvalue weighted by Crippen LogP contribution is -2.02. The maximum Gasteiger partial charge on any atom is 0.125 e. The number of aliphatic imine (C=N–C) groups is 1. The summed E-state index contributed by atoms with van der Waals surface area (Å²) >= 11 is 6.34. The van der Waals surface area contributed by atoms with E-state index in [2.05, 4.69) is 21.9 Å². The van der Waals surface area contributed by atoms with Crippen molar-refractivity contribution in [2.75, 3.05) is 7.05 Å². The largest absolute Gasteiger partial charge is 0.296 e. The molecule has 0 spiro atoms. The number of hydrogen-bond acceptors (Lipinski definition) is 3. The third-order valence-electron chi connectivity index (χ3n) is 3.82. The van der Waals surface area contributed by atoms with Crippen molar-refractivity contribution in [3.05, 3.63) is 28.3 Å². The van der Waals surface area contributed by atoms with E-state index in [1.54, 1.807) is 13.2 Å². The van der Waals surface area contributed by atoms with Crippen LogP contribution >= 0.6 is 11.6 Å². The van der Waals surface area contributed by atoms with Gasteiger partial charge in [0.05, 0.1) is 10.7 Å². The zero-order chi connectivity index (χ0) is 15.2. The summed E-state index contributed by atoms with van der Waals surface area (Å²) in [5.41, 5.74) is 3.39. The highest BCUT2D eigenvalue weighted by molar-refractivity contribution is 6.33. The van der Waals surface area contributed by atoms with Gasteiger partial charge in [-0.05, 0) is 44.9 Å². The Morgan fingerprint density at radius 1 is 1.48 bits per heavy atom. The predicted octanol–water partition coefficient (Wildman–Crippen LogP) is 4.88. The van der Waals surface area contributed by atoms with Crippen molar-refractivity contribution in [3.63, 3.8) is 0 Å². The fraction of sp³-hybridized carbons (Fsp3) is 0.588. The Kier molecular flexibility index (Phi) is 5.92. The quantitative estimate of drug-likeness (QED) is 0.673. The number of allylic oxidation sites excluding steroid dienone is 2. The fourth-order valence-electron chi connectivity index (χ4n) is 2.50. The van der Waals surface area contributed by atoms with Crippen LogP contribution < -0.4 is 0 Å². The second-order valence-electron chi connectivity index (χ2n) is 5.77. The Morgan fingerprint density at radius 2 is 2.24 bits per heavy atom. The predicted molar refractivity (Wildman–Crippen MR) is 90.0 cm³/mol. The molecule has 0 amide bonds. The summed E-state index contributed by atoms with van der Waals surface area (Å²) in [4.78, 5) is 13.0. The molecule has 1 heterocycles. The minimum Gasteiger partial charge on any atom is -0.296 e. The van der Waals surface area contributed by atoms with E-state index in [-0.39, 0.29) is 0 Å². The standard InChI is InChI=1S/C17H24ClN3/c1-4-5-6-14(9-13-7-8-13)15(10-19-3)17-16(18)11-20-12(2)21-17/h10-11,13H,4-9H2,1-3H3/b15-14-,19-10-. The first kappa shape index (κ1) is 16.2. The zero-order valence-corrected chi connectivity index (χ0v) is 14.0. The SMILES string of the molecule is CCCC/C(CC1CC1)=C(\C=N/C)c1nc(C)ncc1Cl. The summed E-state index contributed by atoms with van der Waals surface area (Å²) in [7, 11) is 1.80. The van der Waals surface area contributed by atoms with E-state index in [4.69, 9.17) is 11.6 Å². The molecule has 0 atom stereocenters. The van der Waals surface area contributed by atoms with Crippen LogP contribution in [0.2, 0.25) is 5.02 Å². The van der Waals surface area contributed by atoms with Crippen LogP contribution in [0.25, 0.3) is 5.57 Å². The minimum absolute atomic E-state index is 0.611. The van der Waals surface area contributed by atoms with Gasteiger partial charge in [0.2, 0.25) is 0 Å². The van der Waals surface area contributed by atoms with Gasteiger partial charge in [0, 0.05) is 25.0 Å². The Bertz CT molecular complexity index is 545. The van der Waals surface area contributed by atoms with E-state index < -0.39 is 0 Å². The van der Waals surface area contributed by atoms with Crippen LogP contribution in [0.1, 0.15) is 57.0 Å². The number of halogens is 1. The molecule has 0 radical (unpaired) electrons. The molecule has 4 heteroatoms. The van der Waals surface area contributed by atoms with Gasteiger partial charge >= 0.3 is 0 Å². The van der Waals surface area contributed by atoms with Gasteiger partial charge in [-0.3, -0.25) is 4.99 Å². The molecular formula is C17H24ClN3. The summed E-state index contributed by atoms with van der Waals surface area (Å²) in [6.45, 7) is 4.12. The van der Waals surface area contributed by atoms with Crippen molar-refractivity contribution in [3.8, 4) is 0 Å². The van der Waals surface area contributed by atoms with Crippen molar-refractivity contribution < 1.29 is 0 Å². The average Bonchev–Trinajstić information content (AvgIpc) is 3.28. The van der Waals surface area contributed by atoms with Gasteiger partial charge in [0.15, 0.2) is 0 Å². The Hall–Kier alpha value is -1.22. The summed E-state index contributed by atoms with van der Waals surface area (Å²) in [6.07, 6.45) is 11.0. The van der Waals surface area contributed by atoms with Gasteiger partial charge in [-0.15, -0.1) is 0 Å². The topological polar surface area (TPSA) is 38.1 Å². The molecule has 0 saturated heterocycles. The third kappa shape index (κ3) is 4.63. The first-order chi connectivity index (χ1) is 10.2. The van der Waals surface area contributed by atoms with Crippen molar-refractivity contribution in [2.24, 2.45) is 10.9 Å². The van der Waals surface area contributed by atoms with E-state index in [1.807, 2.05) is 13.1 Å². The third-order valence-corrected chi connectivity index (χ3v) is 4.10. The summed E-state index contributed by atoms with van der Waals surface area (Å²) in [5.74, 6) is 1.59. The van der Waals surface area contributed by atoms with Crippen molar-refractivity contribution >= 4 is 23.4 Å². The molecule has 1 aromatic rings. The van der Waals surface area contributed by atoms with Crippen molar-refractivity contribution in [1.29, 1.82) is 0 Å². The van der Waals surface area contributed by atoms with Crippen molar-refractivity contribution in [2.45, 2.75) is 52.4 Å². The normalized spacial score (nSPS) is 16.4. The maximum absolute atomic E-state index is 6.34. The number of rotatable bonds is 7. The number of aromatic nitrogens is 2. The Morgan fingerprint density at radius 3 is 2.86 bits per heavy atom. The first-order valence-corrected chi connectivity index (χ1v) is 8.17. The van der Waals surface area contributed by atoms with Crippen LogP contribution in [-0.2, 0) is 0 Å². The molecule has 1 aliphatic rings. The molecule has 0 unspecified atom stereocenters. The fourth-order valence-corrected chi connectivity index (χ4v) is 2.69. The molecule has 1 aliphatic carbocycles. The second kappa shape index (κ2) is 7.69. The number of aryl methyl sites for hydroxylation is 1. The van der Waals surface area contributed by atoms with E-state index in [0.717, 1.165) is 35.9 Å². The molecule has 0 N–H and O–H groups in total. The highest BCUT2D eigenvalue weighted by Crippen LogP contribution is 2.39. The van der Waals surface area contributed by atoms with E-state index >= 15 is 0 Å². The maximum atomic E-state index is 6.34. The van der Waals surface area contributed by atoms with Crippen LogP contribution in [0, 0.1) is 12.8 Å². The van der Waals surface area contributed by atoms with Crippen LogP contribution in [0.15, 0.2) is 16.8 Å². The highest BCUT2D eigenvalue weighted by atomic mass is 35.5. The Labute approximate surface area is 132 Å². The summed E-state index contributed by atoms with van der Waals surface area (Å²) in [5, 5.41) is 0.611. The lowest BCUT2D eigenvalue weighted by atomic mass is 9.95. The van der Waals surface area contributed by atoms with Crippen molar-refractivity contribution in [1.82, 2.24) is 9.97 Å². The van der Waals surface area contributed by atoms with Gasteiger partial charge in [0.1, 0.15) is 5.82 Å². The average molecular weight is 306 g/mol. The highest BCUT2D eigenvalue weighted by Gasteiger charge is 2.24. The molecule has 0 bridgehead atoms. The minimum atomic E-state index is 0.611. The summed E-state index contributed by atoms with van der Waals surface area (Å²) in [6, 6.07) is 0. The zero-order valence-electron chi connectivity index (χ0n) is 13.2. The molecule has 0 aromatic carbocycles. The van der Waals surface area contributed by atoms with Crippen LogP contribution in [0.4, 0.5) is 0 Å². The van der Waals surface area contributed by atoms with Gasteiger partial charge < -0.3 is 0 Å². The lowest BCUT2D eigenvalue weighted by Gasteiger charge is -2.13. The van der Waals surface area contributed by atoms with Gasteiger partial charge in [-0.1, -0.05) is 30.5 Å². The molecule has 0 aliphatic heterocycles. The molecule has 1 aromatic heterocycles. The van der Waals surface area contributed by atoms with Crippen LogP contribution in [0.3, 0.4) is 0 Å². The number of nitrogens with zero attached hydrogens (tertiary/aromatic N) is 3. The monoisotopic (exact) mass is 305 g/mol. The smallest absolute Gasteiger partial charge is 0.125 e. The van der Waals surface area contributed by atoms with E-state index in [1.165, 1.54) is 31.3 Å². The molecule has 1 fully saturated rings. The van der Waals surface area contributed by atoms with Gasteiger partial charge in [0.25, 0.3) is 0 Å².